The fourth-order valence-electron chi connectivity index (χ4n) is 4.48. The van der Waals surface area contributed by atoms with E-state index >= 15 is 0 Å². The molecule has 2 aromatic rings. The Bertz CT molecular complexity index is 1100. The molecule has 0 aliphatic carbocycles. The van der Waals surface area contributed by atoms with E-state index in [0.717, 1.165) is 21.7 Å². The lowest BCUT2D eigenvalue weighted by molar-refractivity contribution is -0.125. The number of anilines is 2. The Morgan fingerprint density at radius 2 is 2.06 bits per heavy atom. The number of fused-ring (bicyclic) bond motifs is 1. The number of thiophene rings is 1. The van der Waals surface area contributed by atoms with Crippen molar-refractivity contribution in [1.82, 2.24) is 9.80 Å². The highest BCUT2D eigenvalue weighted by molar-refractivity contribution is 7.14. The zero-order valence-electron chi connectivity index (χ0n) is 19.3. The summed E-state index contributed by atoms with van der Waals surface area (Å²) in [5, 5.41) is 6.26. The lowest BCUT2D eigenvalue weighted by Crippen LogP contribution is -2.51. The predicted octanol–water partition coefficient (Wildman–Crippen LogP) is 4.69. The van der Waals surface area contributed by atoms with Crippen molar-refractivity contribution < 1.29 is 19.1 Å². The fraction of sp³-hybridized carbons (Fsp3) is 0.458. The van der Waals surface area contributed by atoms with E-state index < -0.39 is 12.2 Å². The number of ether oxygens (including phenoxy) is 1. The first-order valence-electron chi connectivity index (χ1n) is 11.4. The Balaban J connectivity index is 1.35. The molecule has 2 aliphatic rings. The number of carbonyl (C=O) groups excluding carboxylic acids is 3. The second-order valence-corrected chi connectivity index (χ2v) is 10.1. The summed E-state index contributed by atoms with van der Waals surface area (Å²) >= 11 is 7.76. The number of amides is 3. The molecule has 8 nitrogen and oxygen atoms in total. The van der Waals surface area contributed by atoms with Crippen LogP contribution in [0.15, 0.2) is 23.6 Å². The molecule has 1 atom stereocenters. The number of benzene rings is 1. The zero-order chi connectivity index (χ0) is 24.4. The smallest absolute Gasteiger partial charge is 0.410 e. The van der Waals surface area contributed by atoms with E-state index in [1.807, 2.05) is 29.3 Å². The van der Waals surface area contributed by atoms with Crippen LogP contribution in [0.5, 0.6) is 0 Å². The van der Waals surface area contributed by atoms with Gasteiger partial charge in [-0.1, -0.05) is 24.6 Å². The lowest BCUT2D eigenvalue weighted by Gasteiger charge is -2.39. The van der Waals surface area contributed by atoms with Gasteiger partial charge in [0.15, 0.2) is 11.9 Å². The third-order valence-electron chi connectivity index (χ3n) is 6.51. The quantitative estimate of drug-likeness (QED) is 0.555. The van der Waals surface area contributed by atoms with Crippen molar-refractivity contribution in [2.75, 3.05) is 24.1 Å². The molecule has 1 aromatic heterocycles. The van der Waals surface area contributed by atoms with Crippen molar-refractivity contribution in [2.45, 2.75) is 58.2 Å². The number of carbonyl (C=O) groups is 3. The van der Waals surface area contributed by atoms with Crippen LogP contribution in [0.4, 0.5) is 20.3 Å². The summed E-state index contributed by atoms with van der Waals surface area (Å²) in [6.07, 6.45) is 0.835. The molecule has 3 heterocycles. The average molecular weight is 505 g/mol. The highest BCUT2D eigenvalue weighted by Crippen LogP contribution is 2.32. The van der Waals surface area contributed by atoms with E-state index in [4.69, 9.17) is 22.1 Å². The number of halogens is 1. The topological polar surface area (TPSA) is 105 Å². The predicted molar refractivity (Wildman–Crippen MR) is 133 cm³/mol. The minimum Gasteiger partial charge on any atom is -0.438 e. The van der Waals surface area contributed by atoms with Gasteiger partial charge in [0, 0.05) is 31.1 Å². The van der Waals surface area contributed by atoms with Gasteiger partial charge in [0.25, 0.3) is 0 Å². The highest BCUT2D eigenvalue weighted by Gasteiger charge is 2.34. The summed E-state index contributed by atoms with van der Waals surface area (Å²) < 4.78 is 5.61. The SMILES string of the molecule is CCc1cc(C[C@@H](OC(=O)N2CCC(N3Cc4ccsc4NC3=O)CC2)C(C)=O)cc(Cl)c1N. The van der Waals surface area contributed by atoms with Crippen LogP contribution in [0, 0.1) is 0 Å². The first kappa shape index (κ1) is 24.3. The largest absolute Gasteiger partial charge is 0.438 e. The molecule has 182 valence electrons. The van der Waals surface area contributed by atoms with Crippen LogP contribution in [-0.2, 0) is 28.9 Å². The van der Waals surface area contributed by atoms with Crippen molar-refractivity contribution in [3.8, 4) is 0 Å². The van der Waals surface area contributed by atoms with Gasteiger partial charge in [0.2, 0.25) is 0 Å². The van der Waals surface area contributed by atoms with Crippen LogP contribution < -0.4 is 11.1 Å². The van der Waals surface area contributed by atoms with E-state index in [2.05, 4.69) is 5.32 Å². The standard InChI is InChI=1S/C24H29ClN4O4S/c1-3-16-10-15(11-19(25)21(16)26)12-20(14(2)30)33-24(32)28-7-4-18(5-8-28)29-13-17-6-9-34-22(17)27-23(29)31/h6,9-11,18,20H,3-5,7-8,12-13,26H2,1-2H3,(H,27,31)/t20-/m1/s1. The van der Waals surface area contributed by atoms with Crippen molar-refractivity contribution in [3.63, 3.8) is 0 Å². The first-order valence-corrected chi connectivity index (χ1v) is 12.7. The molecule has 1 aromatic carbocycles. The minimum absolute atomic E-state index is 0.0464. The molecule has 34 heavy (non-hydrogen) atoms. The van der Waals surface area contributed by atoms with Gasteiger partial charge in [0.05, 0.1) is 17.3 Å². The third-order valence-corrected chi connectivity index (χ3v) is 7.69. The van der Waals surface area contributed by atoms with Gasteiger partial charge in [0.1, 0.15) is 5.00 Å². The molecule has 2 aliphatic heterocycles. The van der Waals surface area contributed by atoms with Crippen LogP contribution in [-0.4, -0.2) is 52.9 Å². The van der Waals surface area contributed by atoms with Gasteiger partial charge < -0.3 is 20.3 Å². The molecule has 1 saturated heterocycles. The van der Waals surface area contributed by atoms with Crippen LogP contribution in [0.25, 0.3) is 0 Å². The summed E-state index contributed by atoms with van der Waals surface area (Å²) in [6, 6.07) is 5.59. The van der Waals surface area contributed by atoms with Gasteiger partial charge in [-0.25, -0.2) is 9.59 Å². The Morgan fingerprint density at radius 3 is 2.74 bits per heavy atom. The van der Waals surface area contributed by atoms with Crippen LogP contribution in [0.3, 0.4) is 0 Å². The molecular formula is C24H29ClN4O4S. The maximum atomic E-state index is 12.8. The van der Waals surface area contributed by atoms with Crippen molar-refractivity contribution >= 4 is 51.5 Å². The first-order chi connectivity index (χ1) is 16.3. The van der Waals surface area contributed by atoms with Crippen LogP contribution in [0.1, 0.15) is 43.4 Å². The zero-order valence-corrected chi connectivity index (χ0v) is 20.9. The number of nitrogens with one attached hydrogen (secondary N) is 1. The molecule has 4 rings (SSSR count). The van der Waals surface area contributed by atoms with Gasteiger partial charge >= 0.3 is 12.1 Å². The van der Waals surface area contributed by atoms with Crippen molar-refractivity contribution in [2.24, 2.45) is 0 Å². The number of piperidine rings is 1. The van der Waals surface area contributed by atoms with Gasteiger partial charge in [-0.05, 0) is 54.8 Å². The molecule has 0 saturated carbocycles. The second kappa shape index (κ2) is 10.2. The molecule has 3 amide bonds. The number of Topliss-reactive ketones (excluding diaryl/α,β-unsaturated/α-hetero) is 1. The second-order valence-electron chi connectivity index (χ2n) is 8.74. The highest BCUT2D eigenvalue weighted by atomic mass is 35.5. The van der Waals surface area contributed by atoms with Crippen molar-refractivity contribution in [1.29, 1.82) is 0 Å². The number of nitrogens with two attached hydrogens (primary N) is 1. The molecule has 0 radical (unpaired) electrons. The molecular weight excluding hydrogens is 476 g/mol. The maximum absolute atomic E-state index is 12.8. The van der Waals surface area contributed by atoms with E-state index in [9.17, 15) is 14.4 Å². The average Bonchev–Trinajstić information content (AvgIpc) is 3.27. The minimum atomic E-state index is -0.903. The number of urea groups is 1. The van der Waals surface area contributed by atoms with E-state index in [1.165, 1.54) is 18.3 Å². The van der Waals surface area contributed by atoms with Crippen LogP contribution >= 0.6 is 22.9 Å². The summed E-state index contributed by atoms with van der Waals surface area (Å²) in [5.41, 5.74) is 9.35. The summed E-state index contributed by atoms with van der Waals surface area (Å²) in [6.45, 7) is 4.89. The number of nitrogens with zero attached hydrogens (tertiary/aromatic N) is 2. The fourth-order valence-corrected chi connectivity index (χ4v) is 5.54. The number of hydrogen-bond acceptors (Lipinski definition) is 6. The number of hydrogen-bond donors (Lipinski definition) is 2. The number of nitrogen functional groups attached to an aromatic ring is 1. The molecule has 0 unspecified atom stereocenters. The Labute approximate surface area is 208 Å². The lowest BCUT2D eigenvalue weighted by atomic mass is 10.0. The summed E-state index contributed by atoms with van der Waals surface area (Å²) in [4.78, 5) is 41.0. The molecule has 0 bridgehead atoms. The molecule has 10 heteroatoms. The monoisotopic (exact) mass is 504 g/mol. The number of rotatable bonds is 6. The third kappa shape index (κ3) is 5.15. The van der Waals surface area contributed by atoms with Gasteiger partial charge in [-0.2, -0.15) is 0 Å². The molecule has 3 N–H and O–H groups in total. The van der Waals surface area contributed by atoms with E-state index in [-0.39, 0.29) is 24.3 Å². The number of aryl methyl sites for hydroxylation is 1. The number of likely N-dealkylation sites (tertiary alicyclic amines) is 1. The molecule has 0 spiro atoms. The summed E-state index contributed by atoms with van der Waals surface area (Å²) in [7, 11) is 0. The van der Waals surface area contributed by atoms with Gasteiger partial charge in [-0.15, -0.1) is 11.3 Å². The van der Waals surface area contributed by atoms with E-state index in [1.54, 1.807) is 11.0 Å². The summed E-state index contributed by atoms with van der Waals surface area (Å²) in [5.74, 6) is -0.231. The molecule has 1 fully saturated rings. The van der Waals surface area contributed by atoms with Crippen LogP contribution in [0.2, 0.25) is 5.02 Å². The maximum Gasteiger partial charge on any atom is 0.410 e. The number of ketones is 1. The normalized spacial score (nSPS) is 17.2. The Hall–Kier alpha value is -2.78. The van der Waals surface area contributed by atoms with Gasteiger partial charge in [-0.3, -0.25) is 10.1 Å². The Morgan fingerprint density at radius 1 is 1.32 bits per heavy atom. The Kier molecular flexibility index (Phi) is 7.33. The van der Waals surface area contributed by atoms with Crippen molar-refractivity contribution in [3.05, 3.63) is 45.3 Å². The van der Waals surface area contributed by atoms with E-state index in [0.29, 0.717) is 49.6 Å².